The quantitative estimate of drug-likeness (QED) is 0.746. The summed E-state index contributed by atoms with van der Waals surface area (Å²) in [5, 5.41) is 2.94. The van der Waals surface area contributed by atoms with E-state index in [0.29, 0.717) is 0 Å². The molecule has 20 heavy (non-hydrogen) atoms. The van der Waals surface area contributed by atoms with Gasteiger partial charge in [0.2, 0.25) is 5.95 Å². The number of aromatic nitrogens is 2. The first-order valence-corrected chi connectivity index (χ1v) is 6.94. The largest absolute Gasteiger partial charge is 0.394 e. The predicted molar refractivity (Wildman–Crippen MR) is 80.9 cm³/mol. The Hall–Kier alpha value is -2.27. The fraction of sp³-hybridized carbons (Fsp3) is 0.0667. The highest BCUT2D eigenvalue weighted by atomic mass is 32.1. The Morgan fingerprint density at radius 1 is 1.25 bits per heavy atom. The molecule has 0 bridgehead atoms. The first-order valence-electron chi connectivity index (χ1n) is 6.12. The molecule has 3 aromatic rings. The summed E-state index contributed by atoms with van der Waals surface area (Å²) in [5.41, 5.74) is 2.74. The lowest BCUT2D eigenvalue weighted by atomic mass is 10.2. The van der Waals surface area contributed by atoms with Gasteiger partial charge in [0.1, 0.15) is 0 Å². The fourth-order valence-electron chi connectivity index (χ4n) is 1.87. The van der Waals surface area contributed by atoms with Crippen LogP contribution in [0.4, 0.5) is 4.39 Å². The van der Waals surface area contributed by atoms with Crippen LogP contribution >= 0.6 is 11.3 Å². The SMILES string of the molecule is CN/C=C/c1ccc2sc(-c3ccc(F)nc3)cc2n1. The third kappa shape index (κ3) is 2.53. The van der Waals surface area contributed by atoms with Crippen LogP contribution in [0.2, 0.25) is 0 Å². The predicted octanol–water partition coefficient (Wildman–Crippen LogP) is 3.69. The van der Waals surface area contributed by atoms with Crippen LogP contribution in [-0.4, -0.2) is 17.0 Å². The van der Waals surface area contributed by atoms with Gasteiger partial charge in [0.05, 0.1) is 15.9 Å². The Morgan fingerprint density at radius 2 is 2.15 bits per heavy atom. The molecule has 0 saturated heterocycles. The number of nitrogens with one attached hydrogen (secondary N) is 1. The number of hydrogen-bond acceptors (Lipinski definition) is 4. The van der Waals surface area contributed by atoms with Gasteiger partial charge in [-0.1, -0.05) is 0 Å². The Bertz CT molecular complexity index is 762. The summed E-state index contributed by atoms with van der Waals surface area (Å²) in [7, 11) is 1.85. The van der Waals surface area contributed by atoms with Gasteiger partial charge in [0.15, 0.2) is 0 Å². The molecule has 0 atom stereocenters. The smallest absolute Gasteiger partial charge is 0.212 e. The standard InChI is InChI=1S/C15H12FN3S/c1-17-7-6-11-3-4-13-12(19-11)8-14(20-13)10-2-5-15(16)18-9-10/h2-9,17H,1H3/b7-6+. The maximum atomic E-state index is 12.8. The third-order valence-corrected chi connectivity index (χ3v) is 3.97. The Labute approximate surface area is 119 Å². The van der Waals surface area contributed by atoms with Crippen molar-refractivity contribution in [2.24, 2.45) is 0 Å². The van der Waals surface area contributed by atoms with Gasteiger partial charge < -0.3 is 5.32 Å². The molecule has 0 radical (unpaired) electrons. The number of halogens is 1. The minimum atomic E-state index is -0.465. The van der Waals surface area contributed by atoms with E-state index in [1.165, 1.54) is 6.07 Å². The molecule has 3 rings (SSSR count). The van der Waals surface area contributed by atoms with Gasteiger partial charge in [-0.3, -0.25) is 0 Å². The van der Waals surface area contributed by atoms with Crippen LogP contribution in [0, 0.1) is 5.95 Å². The van der Waals surface area contributed by atoms with Crippen LogP contribution in [0.15, 0.2) is 42.7 Å². The van der Waals surface area contributed by atoms with Crippen LogP contribution in [0.1, 0.15) is 5.69 Å². The summed E-state index contributed by atoms with van der Waals surface area (Å²) in [6.07, 6.45) is 5.30. The number of rotatable bonds is 3. The van der Waals surface area contributed by atoms with E-state index in [9.17, 15) is 4.39 Å². The van der Waals surface area contributed by atoms with Gasteiger partial charge in [-0.15, -0.1) is 11.3 Å². The lowest BCUT2D eigenvalue weighted by Crippen LogP contribution is -1.91. The normalized spacial score (nSPS) is 11.3. The Kier molecular flexibility index (Phi) is 3.43. The van der Waals surface area contributed by atoms with Crippen molar-refractivity contribution in [1.29, 1.82) is 0 Å². The van der Waals surface area contributed by atoms with Crippen molar-refractivity contribution in [3.8, 4) is 10.4 Å². The van der Waals surface area contributed by atoms with Gasteiger partial charge >= 0.3 is 0 Å². The van der Waals surface area contributed by atoms with E-state index < -0.39 is 5.95 Å². The van der Waals surface area contributed by atoms with Crippen molar-refractivity contribution in [3.05, 3.63) is 54.4 Å². The highest BCUT2D eigenvalue weighted by Crippen LogP contribution is 2.32. The van der Waals surface area contributed by atoms with Crippen molar-refractivity contribution < 1.29 is 4.39 Å². The zero-order chi connectivity index (χ0) is 13.9. The number of fused-ring (bicyclic) bond motifs is 1. The van der Waals surface area contributed by atoms with Crippen LogP contribution in [0.5, 0.6) is 0 Å². The zero-order valence-corrected chi connectivity index (χ0v) is 11.6. The monoisotopic (exact) mass is 285 g/mol. The second-order valence-electron chi connectivity index (χ2n) is 4.22. The molecule has 0 aliphatic rings. The summed E-state index contributed by atoms with van der Waals surface area (Å²) in [5.74, 6) is -0.465. The molecule has 3 heterocycles. The van der Waals surface area contributed by atoms with E-state index >= 15 is 0 Å². The molecule has 0 aliphatic heterocycles. The van der Waals surface area contributed by atoms with Crippen molar-refractivity contribution in [2.45, 2.75) is 0 Å². The number of thiophene rings is 1. The number of pyridine rings is 2. The number of nitrogens with zero attached hydrogens (tertiary/aromatic N) is 2. The van der Waals surface area contributed by atoms with E-state index in [4.69, 9.17) is 0 Å². The molecule has 0 fully saturated rings. The summed E-state index contributed by atoms with van der Waals surface area (Å²) >= 11 is 1.62. The molecular weight excluding hydrogens is 273 g/mol. The molecule has 0 amide bonds. The van der Waals surface area contributed by atoms with E-state index in [1.807, 2.05) is 37.5 Å². The molecule has 0 aliphatic carbocycles. The van der Waals surface area contributed by atoms with Crippen LogP contribution in [0.3, 0.4) is 0 Å². The third-order valence-electron chi connectivity index (χ3n) is 2.83. The molecule has 1 N–H and O–H groups in total. The van der Waals surface area contributed by atoms with Gasteiger partial charge in [0.25, 0.3) is 0 Å². The molecule has 0 aromatic carbocycles. The van der Waals surface area contributed by atoms with Crippen molar-refractivity contribution in [1.82, 2.24) is 15.3 Å². The topological polar surface area (TPSA) is 37.8 Å². The zero-order valence-electron chi connectivity index (χ0n) is 10.8. The number of hydrogen-bond donors (Lipinski definition) is 1. The van der Waals surface area contributed by atoms with E-state index in [2.05, 4.69) is 15.3 Å². The minimum Gasteiger partial charge on any atom is -0.394 e. The highest BCUT2D eigenvalue weighted by molar-refractivity contribution is 7.22. The molecular formula is C15H12FN3S. The molecule has 0 spiro atoms. The summed E-state index contributed by atoms with van der Waals surface area (Å²) < 4.78 is 13.9. The molecule has 0 unspecified atom stereocenters. The lowest BCUT2D eigenvalue weighted by Gasteiger charge is -1.94. The minimum absolute atomic E-state index is 0.465. The summed E-state index contributed by atoms with van der Waals surface area (Å²) in [6, 6.07) is 9.12. The van der Waals surface area contributed by atoms with Crippen LogP contribution < -0.4 is 5.32 Å². The Morgan fingerprint density at radius 3 is 2.90 bits per heavy atom. The van der Waals surface area contributed by atoms with Gasteiger partial charge in [0, 0.05) is 23.7 Å². The average Bonchev–Trinajstić information content (AvgIpc) is 2.89. The fourth-order valence-corrected chi connectivity index (χ4v) is 2.86. The average molecular weight is 285 g/mol. The van der Waals surface area contributed by atoms with Crippen LogP contribution in [0.25, 0.3) is 26.7 Å². The van der Waals surface area contributed by atoms with Gasteiger partial charge in [-0.05, 0) is 42.6 Å². The summed E-state index contributed by atoms with van der Waals surface area (Å²) in [4.78, 5) is 9.29. The molecule has 5 heteroatoms. The second kappa shape index (κ2) is 5.38. The molecule has 3 aromatic heterocycles. The van der Waals surface area contributed by atoms with Gasteiger partial charge in [-0.2, -0.15) is 4.39 Å². The van der Waals surface area contributed by atoms with Gasteiger partial charge in [-0.25, -0.2) is 9.97 Å². The highest BCUT2D eigenvalue weighted by Gasteiger charge is 2.06. The van der Waals surface area contributed by atoms with Crippen molar-refractivity contribution in [3.63, 3.8) is 0 Å². The van der Waals surface area contributed by atoms with E-state index in [1.54, 1.807) is 23.6 Å². The molecule has 0 saturated carbocycles. The molecule has 3 nitrogen and oxygen atoms in total. The first-order chi connectivity index (χ1) is 9.76. The Balaban J connectivity index is 2.02. The molecule has 100 valence electrons. The second-order valence-corrected chi connectivity index (χ2v) is 5.31. The first kappa shape index (κ1) is 12.7. The maximum Gasteiger partial charge on any atom is 0.212 e. The van der Waals surface area contributed by atoms with Crippen LogP contribution in [-0.2, 0) is 0 Å². The van der Waals surface area contributed by atoms with E-state index in [0.717, 1.165) is 26.4 Å². The maximum absolute atomic E-state index is 12.8. The summed E-state index contributed by atoms with van der Waals surface area (Å²) in [6.45, 7) is 0. The van der Waals surface area contributed by atoms with Crippen molar-refractivity contribution >= 4 is 27.6 Å². The van der Waals surface area contributed by atoms with Crippen molar-refractivity contribution in [2.75, 3.05) is 7.05 Å². The lowest BCUT2D eigenvalue weighted by molar-refractivity contribution is 0.584. The van der Waals surface area contributed by atoms with E-state index in [-0.39, 0.29) is 0 Å².